The third kappa shape index (κ3) is 24.7. The van der Waals surface area contributed by atoms with Crippen molar-refractivity contribution in [3.63, 3.8) is 0 Å². The molecule has 0 saturated carbocycles. The first-order valence-corrected chi connectivity index (χ1v) is 5.05. The Morgan fingerprint density at radius 3 is 1.40 bits per heavy atom. The molecule has 4 heteroatoms. The molecule has 0 atom stereocenters. The van der Waals surface area contributed by atoms with E-state index in [-0.39, 0.29) is 0 Å². The fraction of sp³-hybridized carbons (Fsp3) is 1.00. The molecule has 3 nitrogen and oxygen atoms in total. The second kappa shape index (κ2) is 7.02. The van der Waals surface area contributed by atoms with Gasteiger partial charge in [0.15, 0.2) is 0 Å². The lowest BCUT2D eigenvalue weighted by Gasteiger charge is -1.84. The summed E-state index contributed by atoms with van der Waals surface area (Å²) in [5, 5.41) is 0. The molecule has 0 aliphatic rings. The monoisotopic (exact) mass is 168 g/mol. The number of unbranched alkanes of at least 4 members (excludes halogenated alkanes) is 1. The van der Waals surface area contributed by atoms with Crippen molar-refractivity contribution in [2.75, 3.05) is 13.4 Å². The maximum absolute atomic E-state index is 9.78. The van der Waals surface area contributed by atoms with Gasteiger partial charge in [0, 0.05) is 0 Å². The van der Waals surface area contributed by atoms with E-state index in [1.165, 1.54) is 12.8 Å². The van der Waals surface area contributed by atoms with E-state index in [1.807, 2.05) is 0 Å². The molecule has 0 spiro atoms. The molecule has 0 bridgehead atoms. The molecule has 0 aromatic carbocycles. The topological polar surface area (TPSA) is 43.4 Å². The van der Waals surface area contributed by atoms with E-state index in [4.69, 9.17) is 0 Å². The average molecular weight is 168 g/mol. The van der Waals surface area contributed by atoms with Crippen molar-refractivity contribution in [2.45, 2.75) is 26.7 Å². The molecule has 0 heterocycles. The number of rotatable bonds is 2. The van der Waals surface area contributed by atoms with Crippen molar-refractivity contribution in [3.05, 3.63) is 0 Å². The summed E-state index contributed by atoms with van der Waals surface area (Å²) in [5.74, 6) is 0. The summed E-state index contributed by atoms with van der Waals surface area (Å²) >= 11 is 0. The molecule has 0 amide bonds. The Kier molecular flexibility index (Phi) is 8.83. The zero-order chi connectivity index (χ0) is 8.62. The molecule has 0 saturated heterocycles. The van der Waals surface area contributed by atoms with Crippen LogP contribution in [-0.2, 0) is 14.3 Å². The Balaban J connectivity index is 0. The van der Waals surface area contributed by atoms with Crippen LogP contribution in [0, 0.1) is 0 Å². The van der Waals surface area contributed by atoms with Crippen LogP contribution in [0.25, 0.3) is 0 Å². The SMILES string of the molecule is CCCC.COS(C)(=O)=O. The largest absolute Gasteiger partial charge is 0.274 e. The van der Waals surface area contributed by atoms with Crippen LogP contribution in [0.2, 0.25) is 0 Å². The highest BCUT2D eigenvalue weighted by Gasteiger charge is 1.90. The lowest BCUT2D eigenvalue weighted by Crippen LogP contribution is -1.95. The van der Waals surface area contributed by atoms with Gasteiger partial charge in [0.25, 0.3) is 10.1 Å². The van der Waals surface area contributed by atoms with Gasteiger partial charge < -0.3 is 0 Å². The maximum Gasteiger partial charge on any atom is 0.264 e. The van der Waals surface area contributed by atoms with E-state index in [0.717, 1.165) is 13.4 Å². The molecule has 0 radical (unpaired) electrons. The van der Waals surface area contributed by atoms with Crippen LogP contribution in [0.1, 0.15) is 26.7 Å². The molecule has 0 fully saturated rings. The summed E-state index contributed by atoms with van der Waals surface area (Å²) in [6.07, 6.45) is 3.63. The molecular formula is C6H16O3S. The van der Waals surface area contributed by atoms with Crippen LogP contribution in [0.5, 0.6) is 0 Å². The quantitative estimate of drug-likeness (QED) is 0.585. The number of hydrogen-bond acceptors (Lipinski definition) is 3. The highest BCUT2D eigenvalue weighted by molar-refractivity contribution is 7.85. The van der Waals surface area contributed by atoms with E-state index < -0.39 is 10.1 Å². The van der Waals surface area contributed by atoms with Gasteiger partial charge in [-0.1, -0.05) is 26.7 Å². The van der Waals surface area contributed by atoms with Crippen molar-refractivity contribution in [2.24, 2.45) is 0 Å². The fourth-order valence-electron chi connectivity index (χ4n) is 0. The third-order valence-electron chi connectivity index (χ3n) is 0.803. The summed E-state index contributed by atoms with van der Waals surface area (Å²) in [4.78, 5) is 0. The Morgan fingerprint density at radius 1 is 1.20 bits per heavy atom. The predicted octanol–water partition coefficient (Wildman–Crippen LogP) is 1.40. The van der Waals surface area contributed by atoms with Gasteiger partial charge in [-0.05, 0) is 0 Å². The lowest BCUT2D eigenvalue weighted by atomic mass is 10.4. The van der Waals surface area contributed by atoms with Crippen molar-refractivity contribution in [1.82, 2.24) is 0 Å². The highest BCUT2D eigenvalue weighted by atomic mass is 32.2. The Morgan fingerprint density at radius 2 is 1.40 bits per heavy atom. The minimum Gasteiger partial charge on any atom is -0.274 e. The van der Waals surface area contributed by atoms with Crippen LogP contribution < -0.4 is 0 Å². The number of hydrogen-bond donors (Lipinski definition) is 0. The highest BCUT2D eigenvalue weighted by Crippen LogP contribution is 1.77. The molecule has 0 rings (SSSR count). The average Bonchev–Trinajstić information content (AvgIpc) is 1.87. The van der Waals surface area contributed by atoms with Gasteiger partial charge in [0.05, 0.1) is 13.4 Å². The first-order chi connectivity index (χ1) is 4.47. The summed E-state index contributed by atoms with van der Waals surface area (Å²) in [7, 11) is -2.04. The van der Waals surface area contributed by atoms with Crippen LogP contribution in [0.15, 0.2) is 0 Å². The summed E-state index contributed by atoms with van der Waals surface area (Å²) < 4.78 is 23.5. The fourth-order valence-corrected chi connectivity index (χ4v) is 0. The van der Waals surface area contributed by atoms with Crippen molar-refractivity contribution in [3.8, 4) is 0 Å². The molecule has 0 aliphatic carbocycles. The third-order valence-corrected chi connectivity index (χ3v) is 1.41. The first-order valence-electron chi connectivity index (χ1n) is 3.23. The van der Waals surface area contributed by atoms with E-state index in [9.17, 15) is 8.42 Å². The minimum atomic E-state index is -3.16. The van der Waals surface area contributed by atoms with Gasteiger partial charge in [-0.2, -0.15) is 8.42 Å². The lowest BCUT2D eigenvalue weighted by molar-refractivity contribution is 0.403. The van der Waals surface area contributed by atoms with Crippen LogP contribution in [0.3, 0.4) is 0 Å². The van der Waals surface area contributed by atoms with E-state index in [2.05, 4.69) is 18.0 Å². The van der Waals surface area contributed by atoms with Crippen molar-refractivity contribution in [1.29, 1.82) is 0 Å². The standard InChI is InChI=1S/C4H10.C2H6O3S/c1-3-4-2;1-5-6(2,3)4/h3-4H2,1-2H3;1-2H3. The zero-order valence-corrected chi connectivity index (χ0v) is 7.86. The van der Waals surface area contributed by atoms with Gasteiger partial charge in [0.1, 0.15) is 0 Å². The van der Waals surface area contributed by atoms with Gasteiger partial charge in [-0.3, -0.25) is 4.18 Å². The first kappa shape index (κ1) is 12.6. The summed E-state index contributed by atoms with van der Waals surface area (Å²) in [5.41, 5.74) is 0. The van der Waals surface area contributed by atoms with Crippen molar-refractivity contribution >= 4 is 10.1 Å². The van der Waals surface area contributed by atoms with Crippen LogP contribution in [0.4, 0.5) is 0 Å². The molecular weight excluding hydrogens is 152 g/mol. The van der Waals surface area contributed by atoms with Gasteiger partial charge in [-0.15, -0.1) is 0 Å². The van der Waals surface area contributed by atoms with Gasteiger partial charge in [-0.25, -0.2) is 0 Å². The minimum absolute atomic E-state index is 0.993. The maximum atomic E-state index is 9.78. The van der Waals surface area contributed by atoms with Crippen LogP contribution >= 0.6 is 0 Å². The second-order valence-corrected chi connectivity index (χ2v) is 3.61. The molecule has 0 aromatic rings. The van der Waals surface area contributed by atoms with E-state index >= 15 is 0 Å². The molecule has 0 unspecified atom stereocenters. The smallest absolute Gasteiger partial charge is 0.264 e. The normalized spacial score (nSPS) is 10.0. The molecule has 0 N–H and O–H groups in total. The predicted molar refractivity (Wildman–Crippen MR) is 42.4 cm³/mol. The van der Waals surface area contributed by atoms with Gasteiger partial charge >= 0.3 is 0 Å². The molecule has 64 valence electrons. The Labute approximate surface area is 63.5 Å². The Hall–Kier alpha value is -0.0900. The Bertz CT molecular complexity index is 135. The summed E-state index contributed by atoms with van der Waals surface area (Å²) in [6, 6.07) is 0. The summed E-state index contributed by atoms with van der Waals surface area (Å²) in [6.45, 7) is 4.36. The van der Waals surface area contributed by atoms with E-state index in [0.29, 0.717) is 0 Å². The molecule has 0 aliphatic heterocycles. The van der Waals surface area contributed by atoms with Crippen LogP contribution in [-0.4, -0.2) is 21.8 Å². The second-order valence-electron chi connectivity index (χ2n) is 1.87. The zero-order valence-electron chi connectivity index (χ0n) is 7.05. The molecule has 0 aromatic heterocycles. The molecule has 10 heavy (non-hydrogen) atoms. The van der Waals surface area contributed by atoms with Gasteiger partial charge in [0.2, 0.25) is 0 Å². The van der Waals surface area contributed by atoms with Crippen molar-refractivity contribution < 1.29 is 12.6 Å². The van der Waals surface area contributed by atoms with E-state index in [1.54, 1.807) is 0 Å².